The molecule has 6 N–H and O–H groups in total. The van der Waals surface area contributed by atoms with E-state index in [-0.39, 0.29) is 0 Å². The number of nitrogens with one attached hydrogen (secondary N) is 2. The van der Waals surface area contributed by atoms with Crippen LogP contribution in [0.5, 0.6) is 23.0 Å². The van der Waals surface area contributed by atoms with Gasteiger partial charge in [0.15, 0.2) is 23.0 Å². The molecule has 2 aromatic carbocycles. The normalized spacial score (nSPS) is 11.9. The van der Waals surface area contributed by atoms with Gasteiger partial charge in [0.05, 0.1) is 13.2 Å². The van der Waals surface area contributed by atoms with Crippen molar-refractivity contribution in [3.8, 4) is 23.0 Å². The van der Waals surface area contributed by atoms with Gasteiger partial charge < -0.3 is 59.5 Å². The first-order chi connectivity index (χ1) is 26.2. The average Bonchev–Trinajstić information content (AvgIpc) is 3.83. The lowest BCUT2D eigenvalue weighted by Gasteiger charge is -2.07. The van der Waals surface area contributed by atoms with E-state index in [9.17, 15) is 0 Å². The van der Waals surface area contributed by atoms with Gasteiger partial charge in [-0.2, -0.15) is 0 Å². The fourth-order valence-corrected chi connectivity index (χ4v) is 6.55. The third-order valence-electron chi connectivity index (χ3n) is 7.37. The summed E-state index contributed by atoms with van der Waals surface area (Å²) < 4.78 is 33.1. The first-order valence-corrected chi connectivity index (χ1v) is 20.2. The zero-order valence-corrected chi connectivity index (χ0v) is 31.9. The van der Waals surface area contributed by atoms with Gasteiger partial charge in [0, 0.05) is 37.8 Å². The van der Waals surface area contributed by atoms with Crippen LogP contribution in [0.3, 0.4) is 0 Å². The van der Waals surface area contributed by atoms with Gasteiger partial charge in [-0.1, -0.05) is 59.4 Å². The summed E-state index contributed by atoms with van der Waals surface area (Å²) in [6, 6.07) is 12.0. The van der Waals surface area contributed by atoms with Crippen molar-refractivity contribution in [1.29, 1.82) is 0 Å². The number of carboxylic acids is 4. The van der Waals surface area contributed by atoms with Crippen molar-refractivity contribution in [2.45, 2.75) is 64.6 Å². The van der Waals surface area contributed by atoms with Crippen LogP contribution in [-0.4, -0.2) is 109 Å². The van der Waals surface area contributed by atoms with Gasteiger partial charge in [0.1, 0.15) is 0 Å². The minimum absolute atomic E-state index is 0.315. The SMILES string of the molecule is O=C(O)C(=O)O.O=C(O)C(=O)O.c1cc2c(cc1COCCCCCCNCCSSCCNCCCCCCOCc1ccc3c(c1)OCO3)OCO2. The van der Waals surface area contributed by atoms with Gasteiger partial charge in [0.2, 0.25) is 13.6 Å². The van der Waals surface area contributed by atoms with Gasteiger partial charge in [-0.05, 0) is 74.2 Å². The maximum atomic E-state index is 9.10. The van der Waals surface area contributed by atoms with E-state index in [4.69, 9.17) is 68.0 Å². The molecule has 0 saturated heterocycles. The highest BCUT2D eigenvalue weighted by atomic mass is 33.1. The third kappa shape index (κ3) is 22.3. The fraction of sp³-hybridized carbons (Fsp3) is 0.556. The number of hydrogen-bond acceptors (Lipinski definition) is 14. The lowest BCUT2D eigenvalue weighted by molar-refractivity contribution is -0.159. The maximum absolute atomic E-state index is 9.10. The smallest absolute Gasteiger partial charge is 0.414 e. The molecule has 2 aliphatic heterocycles. The lowest BCUT2D eigenvalue weighted by atomic mass is 10.2. The lowest BCUT2D eigenvalue weighted by Crippen LogP contribution is -2.19. The van der Waals surface area contributed by atoms with Crippen LogP contribution in [0.15, 0.2) is 36.4 Å². The minimum Gasteiger partial charge on any atom is -0.473 e. The molecule has 54 heavy (non-hydrogen) atoms. The van der Waals surface area contributed by atoms with Gasteiger partial charge in [-0.25, -0.2) is 19.2 Å². The molecule has 0 amide bonds. The number of rotatable bonds is 25. The summed E-state index contributed by atoms with van der Waals surface area (Å²) in [4.78, 5) is 36.4. The molecular formula is C36H52N2O14S2. The molecule has 0 fully saturated rings. The quantitative estimate of drug-likeness (QED) is 0.0447. The van der Waals surface area contributed by atoms with Crippen LogP contribution in [-0.2, 0) is 41.9 Å². The summed E-state index contributed by atoms with van der Waals surface area (Å²) in [5.74, 6) is -1.68. The Morgan fingerprint density at radius 2 is 0.889 bits per heavy atom. The van der Waals surface area contributed by atoms with Crippen LogP contribution in [0.25, 0.3) is 0 Å². The summed E-state index contributed by atoms with van der Waals surface area (Å²) in [5.41, 5.74) is 2.27. The van der Waals surface area contributed by atoms with E-state index in [0.29, 0.717) is 26.8 Å². The van der Waals surface area contributed by atoms with E-state index in [1.54, 1.807) is 0 Å². The van der Waals surface area contributed by atoms with Crippen LogP contribution in [0, 0.1) is 0 Å². The van der Waals surface area contributed by atoms with Gasteiger partial charge in [-0.3, -0.25) is 0 Å². The molecule has 0 radical (unpaired) electrons. The minimum atomic E-state index is -1.82. The van der Waals surface area contributed by atoms with Crippen LogP contribution in [0.1, 0.15) is 62.5 Å². The monoisotopic (exact) mass is 800 g/mol. The number of aliphatic carboxylic acids is 4. The Morgan fingerprint density at radius 3 is 1.28 bits per heavy atom. The molecule has 0 aromatic heterocycles. The molecule has 18 heteroatoms. The zero-order valence-electron chi connectivity index (χ0n) is 30.3. The van der Waals surface area contributed by atoms with E-state index >= 15 is 0 Å². The molecule has 0 bridgehead atoms. The number of benzene rings is 2. The van der Waals surface area contributed by atoms with Gasteiger partial charge >= 0.3 is 23.9 Å². The molecule has 0 spiro atoms. The Bertz CT molecular complexity index is 1270. The van der Waals surface area contributed by atoms with E-state index in [2.05, 4.69) is 10.6 Å². The van der Waals surface area contributed by atoms with Crippen LogP contribution in [0.2, 0.25) is 0 Å². The Kier molecular flexibility index (Phi) is 25.2. The predicted molar refractivity (Wildman–Crippen MR) is 203 cm³/mol. The van der Waals surface area contributed by atoms with Crippen molar-refractivity contribution < 1.29 is 68.0 Å². The van der Waals surface area contributed by atoms with Crippen LogP contribution < -0.4 is 29.6 Å². The van der Waals surface area contributed by atoms with Crippen molar-refractivity contribution in [2.24, 2.45) is 0 Å². The Balaban J connectivity index is 0.000000726. The molecule has 302 valence electrons. The van der Waals surface area contributed by atoms with Gasteiger partial charge in [0.25, 0.3) is 0 Å². The van der Waals surface area contributed by atoms with Crippen molar-refractivity contribution in [3.63, 3.8) is 0 Å². The average molecular weight is 801 g/mol. The summed E-state index contributed by atoms with van der Waals surface area (Å²) in [6.45, 7) is 7.90. The highest BCUT2D eigenvalue weighted by Crippen LogP contribution is 2.33. The molecule has 0 atom stereocenters. The van der Waals surface area contributed by atoms with E-state index in [1.807, 2.05) is 58.0 Å². The molecule has 2 aliphatic rings. The van der Waals surface area contributed by atoms with E-state index in [1.165, 1.54) is 38.5 Å². The summed E-state index contributed by atoms with van der Waals surface area (Å²) >= 11 is 0. The number of hydrogen-bond donors (Lipinski definition) is 6. The summed E-state index contributed by atoms with van der Waals surface area (Å²) in [7, 11) is 3.95. The van der Waals surface area contributed by atoms with E-state index in [0.717, 1.165) is 97.9 Å². The second-order valence-corrected chi connectivity index (χ2v) is 14.4. The Labute approximate surface area is 322 Å². The van der Waals surface area contributed by atoms with Crippen LogP contribution >= 0.6 is 21.6 Å². The van der Waals surface area contributed by atoms with E-state index < -0.39 is 23.9 Å². The van der Waals surface area contributed by atoms with Crippen LogP contribution in [0.4, 0.5) is 0 Å². The largest absolute Gasteiger partial charge is 0.473 e. The van der Waals surface area contributed by atoms with Gasteiger partial charge in [-0.15, -0.1) is 0 Å². The molecular weight excluding hydrogens is 749 g/mol. The fourth-order valence-electron chi connectivity index (χ4n) is 4.65. The Hall–Kier alpha value is -3.94. The van der Waals surface area contributed by atoms with Crippen molar-refractivity contribution in [1.82, 2.24) is 10.6 Å². The second kappa shape index (κ2) is 29.4. The molecule has 0 saturated carbocycles. The molecule has 2 heterocycles. The second-order valence-electron chi connectivity index (χ2n) is 11.7. The third-order valence-corrected chi connectivity index (χ3v) is 9.78. The predicted octanol–water partition coefficient (Wildman–Crippen LogP) is 4.87. The summed E-state index contributed by atoms with van der Waals surface area (Å²) in [5, 5.41) is 36.7. The first-order valence-electron chi connectivity index (χ1n) is 17.7. The topological polar surface area (TPSA) is 229 Å². The number of unbranched alkanes of at least 4 members (excludes halogenated alkanes) is 6. The first kappa shape index (κ1) is 46.2. The highest BCUT2D eigenvalue weighted by Gasteiger charge is 2.14. The molecule has 16 nitrogen and oxygen atoms in total. The highest BCUT2D eigenvalue weighted by molar-refractivity contribution is 8.76. The molecule has 0 unspecified atom stereocenters. The zero-order chi connectivity index (χ0) is 39.2. The summed E-state index contributed by atoms with van der Waals surface area (Å²) in [6.07, 6.45) is 9.65. The standard InChI is InChI=1S/C32H48N2O6S2.2C2H2O4/c1(3-7-17-35-23-27-9-11-29-31(21-27)39-25-37-29)5-13-33-15-19-41-42-20-16-34-14-6-2-4-8-18-36-24-28-10-12-30-32(22-28)40-26-38-30;2*3-1(4)2(5)6/h9-12,21-22,33-34H,1-8,13-20,23-26H2;2*(H,3,4)(H,5,6). The number of ether oxygens (including phenoxy) is 6. The molecule has 0 aliphatic carbocycles. The number of carbonyl (C=O) groups is 4. The molecule has 4 rings (SSSR count). The van der Waals surface area contributed by atoms with Crippen molar-refractivity contribution in [2.75, 3.05) is 64.5 Å². The number of carboxylic acid groups (broad SMARTS) is 4. The van der Waals surface area contributed by atoms with Crippen molar-refractivity contribution in [3.05, 3.63) is 47.5 Å². The number of fused-ring (bicyclic) bond motifs is 2. The Morgan fingerprint density at radius 1 is 0.519 bits per heavy atom. The maximum Gasteiger partial charge on any atom is 0.414 e. The van der Waals surface area contributed by atoms with Crippen molar-refractivity contribution >= 4 is 45.5 Å². The molecule has 2 aromatic rings.